The predicted molar refractivity (Wildman–Crippen MR) is 97.4 cm³/mol. The maximum Gasteiger partial charge on any atom is 0.0346 e. The minimum absolute atomic E-state index is 0.455. The number of nitrogens with zero attached hydrogens (tertiary/aromatic N) is 1. The van der Waals surface area contributed by atoms with E-state index in [0.717, 1.165) is 24.3 Å². The van der Waals surface area contributed by atoms with Crippen molar-refractivity contribution in [3.63, 3.8) is 0 Å². The van der Waals surface area contributed by atoms with Gasteiger partial charge < -0.3 is 5.32 Å². The van der Waals surface area contributed by atoms with E-state index in [2.05, 4.69) is 40.6 Å². The van der Waals surface area contributed by atoms with Crippen LogP contribution in [-0.2, 0) is 6.54 Å². The topological polar surface area (TPSA) is 24.9 Å². The highest BCUT2D eigenvalue weighted by Gasteiger charge is 2.50. The lowest BCUT2D eigenvalue weighted by atomic mass is 9.53. The second kappa shape index (κ2) is 5.70. The molecule has 0 aliphatic heterocycles. The van der Waals surface area contributed by atoms with Gasteiger partial charge in [-0.15, -0.1) is 0 Å². The van der Waals surface area contributed by atoms with Crippen molar-refractivity contribution in [1.82, 2.24) is 10.3 Å². The Morgan fingerprint density at radius 2 is 1.54 bits per heavy atom. The largest absolute Gasteiger partial charge is 0.307 e. The monoisotopic (exact) mass is 318 g/mol. The van der Waals surface area contributed by atoms with E-state index in [1.54, 1.807) is 0 Å². The first-order valence-corrected chi connectivity index (χ1v) is 9.52. The average Bonchev–Trinajstić information content (AvgIpc) is 2.60. The Hall–Kier alpha value is -1.67. The number of nitrogens with one attached hydrogen (secondary N) is 1. The lowest BCUT2D eigenvalue weighted by Gasteiger charge is -2.57. The standard InChI is InChI=1S/C22H26N2/c1-2-21(15-23-7-1)20-5-3-16(4-6-20)14-24-22-11-17-8-18(12-22)10-19(9-17)13-22/h1-7,15,17-19,24H,8-14H2. The summed E-state index contributed by atoms with van der Waals surface area (Å²) < 4.78 is 0. The van der Waals surface area contributed by atoms with Crippen molar-refractivity contribution in [1.29, 1.82) is 0 Å². The third-order valence-corrected chi connectivity index (χ3v) is 6.65. The summed E-state index contributed by atoms with van der Waals surface area (Å²) in [6.45, 7) is 1.01. The van der Waals surface area contributed by atoms with Crippen molar-refractivity contribution in [3.8, 4) is 11.1 Å². The number of aromatic nitrogens is 1. The molecule has 4 aliphatic rings. The summed E-state index contributed by atoms with van der Waals surface area (Å²) in [4.78, 5) is 4.21. The summed E-state index contributed by atoms with van der Waals surface area (Å²) in [5, 5.41) is 3.99. The minimum atomic E-state index is 0.455. The van der Waals surface area contributed by atoms with E-state index in [1.807, 2.05) is 18.5 Å². The Morgan fingerprint density at radius 3 is 2.12 bits per heavy atom. The van der Waals surface area contributed by atoms with Gasteiger partial charge in [0.05, 0.1) is 0 Å². The Labute approximate surface area is 144 Å². The van der Waals surface area contributed by atoms with Crippen LogP contribution in [0.3, 0.4) is 0 Å². The van der Waals surface area contributed by atoms with Crippen molar-refractivity contribution in [2.24, 2.45) is 17.8 Å². The van der Waals surface area contributed by atoms with Gasteiger partial charge in [0.1, 0.15) is 0 Å². The molecular formula is C22H26N2. The Bertz CT molecular complexity index is 669. The number of hydrogen-bond acceptors (Lipinski definition) is 2. The highest BCUT2D eigenvalue weighted by atomic mass is 15.0. The fourth-order valence-corrected chi connectivity index (χ4v) is 5.97. The number of rotatable bonds is 4. The molecule has 0 atom stereocenters. The first kappa shape index (κ1) is 14.7. The summed E-state index contributed by atoms with van der Waals surface area (Å²) in [5.41, 5.74) is 4.30. The van der Waals surface area contributed by atoms with Crippen LogP contribution >= 0.6 is 0 Å². The van der Waals surface area contributed by atoms with Crippen molar-refractivity contribution >= 4 is 0 Å². The fraction of sp³-hybridized carbons (Fsp3) is 0.500. The molecule has 1 heterocycles. The first-order chi connectivity index (χ1) is 11.8. The maximum atomic E-state index is 4.21. The molecule has 2 nitrogen and oxygen atoms in total. The molecule has 0 amide bonds. The highest BCUT2D eigenvalue weighted by molar-refractivity contribution is 5.62. The molecule has 0 radical (unpaired) electrons. The highest BCUT2D eigenvalue weighted by Crippen LogP contribution is 2.55. The normalized spacial score (nSPS) is 33.8. The summed E-state index contributed by atoms with van der Waals surface area (Å²) >= 11 is 0. The third-order valence-electron chi connectivity index (χ3n) is 6.65. The van der Waals surface area contributed by atoms with Gasteiger partial charge in [0.2, 0.25) is 0 Å². The zero-order chi connectivity index (χ0) is 16.0. The van der Waals surface area contributed by atoms with E-state index in [9.17, 15) is 0 Å². The Kier molecular flexibility index (Phi) is 3.48. The molecule has 0 unspecified atom stereocenters. The van der Waals surface area contributed by atoms with E-state index in [1.165, 1.54) is 55.2 Å². The second-order valence-electron chi connectivity index (χ2n) is 8.49. The van der Waals surface area contributed by atoms with Gasteiger partial charge in [0.15, 0.2) is 0 Å². The minimum Gasteiger partial charge on any atom is -0.307 e. The molecule has 1 N–H and O–H groups in total. The lowest BCUT2D eigenvalue weighted by Crippen LogP contribution is -2.58. The third kappa shape index (κ3) is 2.67. The van der Waals surface area contributed by atoms with Gasteiger partial charge in [-0.3, -0.25) is 4.98 Å². The van der Waals surface area contributed by atoms with Crippen LogP contribution in [0, 0.1) is 17.8 Å². The molecular weight excluding hydrogens is 292 g/mol. The van der Waals surface area contributed by atoms with Crippen LogP contribution < -0.4 is 5.32 Å². The molecule has 0 spiro atoms. The van der Waals surface area contributed by atoms with Gasteiger partial charge in [-0.05, 0) is 79.0 Å². The summed E-state index contributed by atoms with van der Waals surface area (Å²) in [7, 11) is 0. The maximum absolute atomic E-state index is 4.21. The van der Waals surface area contributed by atoms with Gasteiger partial charge >= 0.3 is 0 Å². The zero-order valence-corrected chi connectivity index (χ0v) is 14.2. The van der Waals surface area contributed by atoms with Gasteiger partial charge in [-0.2, -0.15) is 0 Å². The first-order valence-electron chi connectivity index (χ1n) is 9.52. The molecule has 2 aromatic rings. The Balaban J connectivity index is 1.27. The molecule has 4 saturated carbocycles. The average molecular weight is 318 g/mol. The lowest BCUT2D eigenvalue weighted by molar-refractivity contribution is -0.0206. The molecule has 124 valence electrons. The summed E-state index contributed by atoms with van der Waals surface area (Å²) in [5.74, 6) is 3.03. The predicted octanol–water partition coefficient (Wildman–Crippen LogP) is 4.81. The van der Waals surface area contributed by atoms with Crippen LogP contribution in [0.1, 0.15) is 44.1 Å². The van der Waals surface area contributed by atoms with Gasteiger partial charge in [-0.1, -0.05) is 30.3 Å². The van der Waals surface area contributed by atoms with Crippen LogP contribution in [-0.4, -0.2) is 10.5 Å². The summed E-state index contributed by atoms with van der Waals surface area (Å²) in [6.07, 6.45) is 12.6. The zero-order valence-electron chi connectivity index (χ0n) is 14.2. The molecule has 0 saturated heterocycles. The van der Waals surface area contributed by atoms with Gasteiger partial charge in [-0.25, -0.2) is 0 Å². The molecule has 1 aromatic carbocycles. The van der Waals surface area contributed by atoms with Crippen molar-refractivity contribution < 1.29 is 0 Å². The molecule has 4 aliphatic carbocycles. The number of benzene rings is 1. The Morgan fingerprint density at radius 1 is 0.875 bits per heavy atom. The molecule has 4 bridgehead atoms. The fourth-order valence-electron chi connectivity index (χ4n) is 5.97. The van der Waals surface area contributed by atoms with Crippen LogP contribution in [0.5, 0.6) is 0 Å². The van der Waals surface area contributed by atoms with E-state index in [4.69, 9.17) is 0 Å². The molecule has 2 heteroatoms. The quantitative estimate of drug-likeness (QED) is 0.875. The molecule has 6 rings (SSSR count). The van der Waals surface area contributed by atoms with Crippen LogP contribution in [0.2, 0.25) is 0 Å². The van der Waals surface area contributed by atoms with E-state index in [0.29, 0.717) is 5.54 Å². The summed E-state index contributed by atoms with van der Waals surface area (Å²) in [6, 6.07) is 13.1. The van der Waals surface area contributed by atoms with Gasteiger partial charge in [0.25, 0.3) is 0 Å². The van der Waals surface area contributed by atoms with Crippen LogP contribution in [0.15, 0.2) is 48.8 Å². The van der Waals surface area contributed by atoms with E-state index < -0.39 is 0 Å². The van der Waals surface area contributed by atoms with Crippen molar-refractivity contribution in [2.45, 2.75) is 50.6 Å². The SMILES string of the molecule is c1cncc(-c2ccc(CNC34CC5CC(CC(C5)C3)C4)cc2)c1. The second-order valence-corrected chi connectivity index (χ2v) is 8.49. The molecule has 24 heavy (non-hydrogen) atoms. The smallest absolute Gasteiger partial charge is 0.0346 e. The molecule has 4 fully saturated rings. The van der Waals surface area contributed by atoms with Crippen LogP contribution in [0.4, 0.5) is 0 Å². The van der Waals surface area contributed by atoms with Crippen molar-refractivity contribution in [3.05, 3.63) is 54.4 Å². The van der Waals surface area contributed by atoms with E-state index >= 15 is 0 Å². The number of pyridine rings is 1. The van der Waals surface area contributed by atoms with Crippen molar-refractivity contribution in [2.75, 3.05) is 0 Å². The number of hydrogen-bond donors (Lipinski definition) is 1. The van der Waals surface area contributed by atoms with E-state index in [-0.39, 0.29) is 0 Å². The van der Waals surface area contributed by atoms with Crippen LogP contribution in [0.25, 0.3) is 11.1 Å². The van der Waals surface area contributed by atoms with Gasteiger partial charge in [0, 0.05) is 24.5 Å². The molecule has 1 aromatic heterocycles.